The molecule has 0 fully saturated rings. The average Bonchev–Trinajstić information content (AvgIpc) is 3.00. The summed E-state index contributed by atoms with van der Waals surface area (Å²) in [5, 5.41) is 7.16. The van der Waals surface area contributed by atoms with E-state index in [9.17, 15) is 4.79 Å². The molecule has 112 valence electrons. The first-order chi connectivity index (χ1) is 10.2. The molecule has 0 spiro atoms. The average molecular weight is 386 g/mol. The van der Waals surface area contributed by atoms with Crippen molar-refractivity contribution in [3.8, 4) is 5.75 Å². The highest BCUT2D eigenvalue weighted by molar-refractivity contribution is 9.10. The molecule has 0 aliphatic rings. The second kappa shape index (κ2) is 8.46. The first kappa shape index (κ1) is 16.4. The van der Waals surface area contributed by atoms with Crippen molar-refractivity contribution in [2.24, 2.45) is 0 Å². The van der Waals surface area contributed by atoms with Crippen molar-refractivity contribution in [3.05, 3.63) is 50.6 Å². The van der Waals surface area contributed by atoms with Crippen LogP contribution in [0.25, 0.3) is 0 Å². The van der Waals surface area contributed by atoms with Gasteiger partial charge in [0.1, 0.15) is 5.75 Å². The number of hydrogen-bond acceptors (Lipinski definition) is 4. The van der Waals surface area contributed by atoms with Crippen molar-refractivity contribution in [3.63, 3.8) is 0 Å². The van der Waals surface area contributed by atoms with E-state index in [0.29, 0.717) is 12.1 Å². The van der Waals surface area contributed by atoms with E-state index < -0.39 is 0 Å². The molecule has 1 amide bonds. The van der Waals surface area contributed by atoms with E-state index >= 15 is 0 Å². The van der Waals surface area contributed by atoms with Crippen LogP contribution in [0.3, 0.4) is 0 Å². The van der Waals surface area contributed by atoms with Gasteiger partial charge in [-0.15, -0.1) is 0 Å². The Labute approximate surface area is 141 Å². The second-order valence-corrected chi connectivity index (χ2v) is 7.03. The molecule has 2 rings (SSSR count). The summed E-state index contributed by atoms with van der Waals surface area (Å²) in [4.78, 5) is 12.0. The third kappa shape index (κ3) is 5.05. The maximum Gasteiger partial charge on any atom is 0.251 e. The molecule has 0 radical (unpaired) electrons. The Hall–Kier alpha value is -0.980. The molecule has 0 unspecified atom stereocenters. The fourth-order valence-electron chi connectivity index (χ4n) is 1.71. The van der Waals surface area contributed by atoms with Crippen LogP contribution in [-0.4, -0.2) is 25.3 Å². The Balaban J connectivity index is 1.73. The predicted octanol–water partition coefficient (Wildman–Crippen LogP) is 4.18. The topological polar surface area (TPSA) is 38.3 Å². The van der Waals surface area contributed by atoms with Gasteiger partial charge >= 0.3 is 0 Å². The van der Waals surface area contributed by atoms with Crippen molar-refractivity contribution >= 4 is 44.9 Å². The van der Waals surface area contributed by atoms with E-state index in [4.69, 9.17) is 4.74 Å². The van der Waals surface area contributed by atoms with Gasteiger partial charge < -0.3 is 10.1 Å². The summed E-state index contributed by atoms with van der Waals surface area (Å²) in [7, 11) is 1.60. The summed E-state index contributed by atoms with van der Waals surface area (Å²) in [6.07, 6.45) is 0. The molecule has 2 aromatic rings. The number of thioether (sulfide) groups is 1. The molecular formula is C15H16BrNO2S2. The lowest BCUT2D eigenvalue weighted by molar-refractivity contribution is 0.0956. The monoisotopic (exact) mass is 385 g/mol. The number of nitrogens with one attached hydrogen (secondary N) is 1. The molecule has 3 nitrogen and oxygen atoms in total. The van der Waals surface area contributed by atoms with Gasteiger partial charge in [0, 0.05) is 23.6 Å². The number of halogens is 1. The molecule has 0 bridgehead atoms. The van der Waals surface area contributed by atoms with Gasteiger partial charge in [-0.2, -0.15) is 23.1 Å². The van der Waals surface area contributed by atoms with Crippen LogP contribution < -0.4 is 10.1 Å². The van der Waals surface area contributed by atoms with Crippen LogP contribution in [0.4, 0.5) is 0 Å². The van der Waals surface area contributed by atoms with E-state index in [0.717, 1.165) is 21.7 Å². The van der Waals surface area contributed by atoms with E-state index in [1.165, 1.54) is 5.56 Å². The van der Waals surface area contributed by atoms with Gasteiger partial charge in [0.05, 0.1) is 11.6 Å². The van der Waals surface area contributed by atoms with Crippen LogP contribution in [0.15, 0.2) is 39.5 Å². The Morgan fingerprint density at radius 1 is 1.43 bits per heavy atom. The highest BCUT2D eigenvalue weighted by atomic mass is 79.9. The molecule has 0 saturated heterocycles. The fourth-order valence-corrected chi connectivity index (χ4v) is 3.83. The van der Waals surface area contributed by atoms with Crippen molar-refractivity contribution in [1.82, 2.24) is 5.32 Å². The maximum atomic E-state index is 12.0. The number of hydrogen-bond donors (Lipinski definition) is 1. The molecule has 6 heteroatoms. The minimum absolute atomic E-state index is 0.0607. The van der Waals surface area contributed by atoms with Gasteiger partial charge in [0.25, 0.3) is 5.91 Å². The normalized spacial score (nSPS) is 10.4. The quantitative estimate of drug-likeness (QED) is 0.726. The summed E-state index contributed by atoms with van der Waals surface area (Å²) >= 11 is 6.91. The number of ether oxygens (including phenoxy) is 1. The van der Waals surface area contributed by atoms with Crippen LogP contribution in [0.1, 0.15) is 15.9 Å². The number of thiophene rings is 1. The molecular weight excluding hydrogens is 370 g/mol. The van der Waals surface area contributed by atoms with Crippen molar-refractivity contribution in [2.75, 3.05) is 19.4 Å². The number of rotatable bonds is 7. The number of methoxy groups -OCH3 is 1. The first-order valence-corrected chi connectivity index (χ1v) is 9.30. The Bertz CT molecular complexity index is 587. The van der Waals surface area contributed by atoms with E-state index in [-0.39, 0.29) is 5.91 Å². The summed E-state index contributed by atoms with van der Waals surface area (Å²) < 4.78 is 5.93. The Kier molecular flexibility index (Phi) is 6.60. The number of amides is 1. The van der Waals surface area contributed by atoms with Gasteiger partial charge in [0.2, 0.25) is 0 Å². The zero-order chi connectivity index (χ0) is 15.1. The highest BCUT2D eigenvalue weighted by Gasteiger charge is 2.08. The van der Waals surface area contributed by atoms with E-state index in [1.54, 1.807) is 36.6 Å². The maximum absolute atomic E-state index is 12.0. The standard InChI is InChI=1S/C15H16BrNO2S2/c1-19-14-3-2-12(8-13(14)16)15(18)17-5-7-21-10-11-4-6-20-9-11/h2-4,6,8-9H,5,7,10H2,1H3,(H,17,18). The van der Waals surface area contributed by atoms with Crippen LogP contribution in [-0.2, 0) is 5.75 Å². The third-order valence-electron chi connectivity index (χ3n) is 2.79. The van der Waals surface area contributed by atoms with Crippen molar-refractivity contribution < 1.29 is 9.53 Å². The van der Waals surface area contributed by atoms with Gasteiger partial charge in [-0.25, -0.2) is 0 Å². The Morgan fingerprint density at radius 3 is 2.95 bits per heavy atom. The number of carbonyl (C=O) groups excluding carboxylic acids is 1. The van der Waals surface area contributed by atoms with Gasteiger partial charge in [-0.1, -0.05) is 0 Å². The molecule has 1 N–H and O–H groups in total. The minimum atomic E-state index is -0.0607. The minimum Gasteiger partial charge on any atom is -0.496 e. The van der Waals surface area contributed by atoms with Gasteiger partial charge in [-0.05, 0) is 56.5 Å². The van der Waals surface area contributed by atoms with E-state index in [1.807, 2.05) is 11.8 Å². The molecule has 1 heterocycles. The number of carbonyl (C=O) groups is 1. The first-order valence-electron chi connectivity index (χ1n) is 6.41. The molecule has 0 aliphatic carbocycles. The summed E-state index contributed by atoms with van der Waals surface area (Å²) in [5.41, 5.74) is 1.97. The summed E-state index contributed by atoms with van der Waals surface area (Å²) in [5.74, 6) is 2.55. The van der Waals surface area contributed by atoms with Crippen LogP contribution >= 0.6 is 39.0 Å². The summed E-state index contributed by atoms with van der Waals surface area (Å²) in [6, 6.07) is 7.44. The van der Waals surface area contributed by atoms with Gasteiger partial charge in [-0.3, -0.25) is 4.79 Å². The van der Waals surface area contributed by atoms with Crippen LogP contribution in [0, 0.1) is 0 Å². The molecule has 21 heavy (non-hydrogen) atoms. The third-order valence-corrected chi connectivity index (χ3v) is 5.18. The van der Waals surface area contributed by atoms with Crippen LogP contribution in [0.2, 0.25) is 0 Å². The molecule has 1 aromatic carbocycles. The zero-order valence-corrected chi connectivity index (χ0v) is 14.8. The number of benzene rings is 1. The lowest BCUT2D eigenvalue weighted by atomic mass is 10.2. The second-order valence-electron chi connectivity index (χ2n) is 4.29. The van der Waals surface area contributed by atoms with Gasteiger partial charge in [0.15, 0.2) is 0 Å². The lowest BCUT2D eigenvalue weighted by Crippen LogP contribution is -2.25. The zero-order valence-electron chi connectivity index (χ0n) is 11.6. The van der Waals surface area contributed by atoms with Crippen molar-refractivity contribution in [1.29, 1.82) is 0 Å². The largest absolute Gasteiger partial charge is 0.496 e. The molecule has 0 saturated carbocycles. The predicted molar refractivity (Wildman–Crippen MR) is 93.5 cm³/mol. The van der Waals surface area contributed by atoms with E-state index in [2.05, 4.69) is 38.1 Å². The Morgan fingerprint density at radius 2 is 2.29 bits per heavy atom. The van der Waals surface area contributed by atoms with Crippen molar-refractivity contribution in [2.45, 2.75) is 5.75 Å². The SMILES string of the molecule is COc1ccc(C(=O)NCCSCc2ccsc2)cc1Br. The molecule has 0 aliphatic heterocycles. The highest BCUT2D eigenvalue weighted by Crippen LogP contribution is 2.25. The van der Waals surface area contributed by atoms with Crippen LogP contribution in [0.5, 0.6) is 5.75 Å². The molecule has 0 atom stereocenters. The summed E-state index contributed by atoms with van der Waals surface area (Å²) in [6.45, 7) is 0.664. The lowest BCUT2D eigenvalue weighted by Gasteiger charge is -2.07. The smallest absolute Gasteiger partial charge is 0.251 e. The fraction of sp³-hybridized carbons (Fsp3) is 0.267. The molecule has 1 aromatic heterocycles.